The van der Waals surface area contributed by atoms with Crippen molar-refractivity contribution in [3.05, 3.63) is 90.0 Å². The molecule has 3 aromatic rings. The smallest absolute Gasteiger partial charge is 0.338 e. The van der Waals surface area contributed by atoms with E-state index in [1.165, 1.54) is 7.11 Å². The van der Waals surface area contributed by atoms with Gasteiger partial charge in [0.1, 0.15) is 0 Å². The van der Waals surface area contributed by atoms with Crippen LogP contribution in [-0.2, 0) is 9.53 Å². The van der Waals surface area contributed by atoms with Gasteiger partial charge >= 0.3 is 12.0 Å². The van der Waals surface area contributed by atoms with E-state index < -0.39 is 13.9 Å². The number of unbranched alkanes of at least 4 members (excludes halogenated alkanes) is 3. The van der Waals surface area contributed by atoms with Gasteiger partial charge in [0.15, 0.2) is 0 Å². The van der Waals surface area contributed by atoms with Crippen molar-refractivity contribution in [1.82, 2.24) is 21.3 Å². The highest BCUT2D eigenvalue weighted by atomic mass is 32.2. The molecule has 0 aliphatic carbocycles. The van der Waals surface area contributed by atoms with Crippen LogP contribution in [0.5, 0.6) is 0 Å². The lowest BCUT2D eigenvalue weighted by molar-refractivity contribution is -0.121. The summed E-state index contributed by atoms with van der Waals surface area (Å²) in [5, 5.41) is 15.3. The Morgan fingerprint density at radius 3 is 2.21 bits per heavy atom. The Bertz CT molecular complexity index is 1490. The summed E-state index contributed by atoms with van der Waals surface area (Å²) in [4.78, 5) is 49.8. The standard InChI is InChI=1S/C36H43N4O5PS/c1-45-35(43)28-20-19-25(23-30(28)46(26-13-5-2-6-14-26)27-15-7-3-8-16-27)34(42)38-22-12-4-11-21-37-32(41)18-10-9-17-31-33-29(24-47-31)39-36(44)40-33/h2-3,5-8,13-16,19-20,23,29,31,33H,4,9-12,17-18,21-22,24H2,1H3,(H,37,41)(H,38,42)(H2,39,40,44)/t29-,31-,33-/m0/s1. The van der Waals surface area contributed by atoms with E-state index in [0.29, 0.717) is 35.9 Å². The summed E-state index contributed by atoms with van der Waals surface area (Å²) >= 11 is 1.90. The number of hydrogen-bond acceptors (Lipinski definition) is 6. The molecule has 47 heavy (non-hydrogen) atoms. The number of rotatable bonds is 16. The van der Waals surface area contributed by atoms with E-state index >= 15 is 0 Å². The number of amides is 4. The van der Waals surface area contributed by atoms with E-state index in [4.69, 9.17) is 4.74 Å². The lowest BCUT2D eigenvalue weighted by Crippen LogP contribution is -2.36. The zero-order valence-electron chi connectivity index (χ0n) is 26.7. The molecular formula is C36H43N4O5PS. The third-order valence-electron chi connectivity index (χ3n) is 8.48. The first kappa shape index (κ1) is 34.5. The van der Waals surface area contributed by atoms with Crippen LogP contribution in [-0.4, -0.2) is 67.1 Å². The third kappa shape index (κ3) is 9.36. The highest BCUT2D eigenvalue weighted by molar-refractivity contribution is 8.00. The molecule has 2 aliphatic rings. The molecule has 0 bridgehead atoms. The summed E-state index contributed by atoms with van der Waals surface area (Å²) in [5.74, 6) is 0.402. The average Bonchev–Trinajstić information content (AvgIpc) is 3.65. The van der Waals surface area contributed by atoms with Crippen molar-refractivity contribution in [2.75, 3.05) is 26.0 Å². The Morgan fingerprint density at radius 2 is 1.53 bits per heavy atom. The molecule has 5 rings (SSSR count). The lowest BCUT2D eigenvalue weighted by Gasteiger charge is -2.22. The van der Waals surface area contributed by atoms with Gasteiger partial charge in [-0.25, -0.2) is 9.59 Å². The number of thioether (sulfide) groups is 1. The Labute approximate surface area is 282 Å². The number of carbonyl (C=O) groups is 4. The molecule has 0 radical (unpaired) electrons. The quantitative estimate of drug-likeness (QED) is 0.0789. The first-order valence-electron chi connectivity index (χ1n) is 16.3. The van der Waals surface area contributed by atoms with Crippen molar-refractivity contribution < 1.29 is 23.9 Å². The van der Waals surface area contributed by atoms with Crippen molar-refractivity contribution in [2.24, 2.45) is 0 Å². The van der Waals surface area contributed by atoms with Crippen LogP contribution < -0.4 is 37.2 Å². The molecule has 0 saturated carbocycles. The molecule has 2 aliphatic heterocycles. The van der Waals surface area contributed by atoms with Crippen LogP contribution in [0.3, 0.4) is 0 Å². The fourth-order valence-electron chi connectivity index (χ4n) is 6.04. The Morgan fingerprint density at radius 1 is 0.851 bits per heavy atom. The Hall–Kier alpha value is -3.88. The van der Waals surface area contributed by atoms with Gasteiger partial charge in [0.05, 0.1) is 24.8 Å². The van der Waals surface area contributed by atoms with Crippen molar-refractivity contribution in [1.29, 1.82) is 0 Å². The molecule has 4 N–H and O–H groups in total. The van der Waals surface area contributed by atoms with Gasteiger partial charge in [0.2, 0.25) is 5.91 Å². The Balaban J connectivity index is 1.05. The predicted octanol–water partition coefficient (Wildman–Crippen LogP) is 3.97. The molecule has 2 fully saturated rings. The van der Waals surface area contributed by atoms with Gasteiger partial charge in [-0.2, -0.15) is 11.8 Å². The topological polar surface area (TPSA) is 126 Å². The summed E-state index contributed by atoms with van der Waals surface area (Å²) in [6, 6.07) is 25.6. The molecule has 248 valence electrons. The first-order chi connectivity index (χ1) is 22.9. The second-order valence-corrected chi connectivity index (χ2v) is 15.2. The van der Waals surface area contributed by atoms with Crippen LogP contribution in [0.2, 0.25) is 0 Å². The van der Waals surface area contributed by atoms with Crippen molar-refractivity contribution in [2.45, 2.75) is 62.3 Å². The number of fused-ring (bicyclic) bond motifs is 1. The highest BCUT2D eigenvalue weighted by Crippen LogP contribution is 2.35. The number of nitrogens with one attached hydrogen (secondary N) is 4. The van der Waals surface area contributed by atoms with E-state index in [1.54, 1.807) is 12.1 Å². The number of methoxy groups -OCH3 is 1. The molecule has 9 nitrogen and oxygen atoms in total. The molecule has 2 heterocycles. The van der Waals surface area contributed by atoms with Crippen LogP contribution in [0.15, 0.2) is 78.9 Å². The number of carbonyl (C=O) groups excluding carboxylic acids is 4. The van der Waals surface area contributed by atoms with Crippen molar-refractivity contribution in [3.8, 4) is 0 Å². The van der Waals surface area contributed by atoms with E-state index in [0.717, 1.165) is 60.2 Å². The summed E-state index contributed by atoms with van der Waals surface area (Å²) in [6.45, 7) is 1.14. The molecule has 0 unspecified atom stereocenters. The predicted molar refractivity (Wildman–Crippen MR) is 190 cm³/mol. The summed E-state index contributed by atoms with van der Waals surface area (Å²) < 4.78 is 5.11. The van der Waals surface area contributed by atoms with E-state index in [2.05, 4.69) is 45.5 Å². The van der Waals surface area contributed by atoms with Crippen LogP contribution in [0.4, 0.5) is 4.79 Å². The number of urea groups is 1. The van der Waals surface area contributed by atoms with E-state index in [9.17, 15) is 19.2 Å². The summed E-state index contributed by atoms with van der Waals surface area (Å²) in [7, 11) is 0.251. The highest BCUT2D eigenvalue weighted by Gasteiger charge is 2.42. The number of hydrogen-bond donors (Lipinski definition) is 4. The van der Waals surface area contributed by atoms with Crippen molar-refractivity contribution >= 4 is 59.4 Å². The SMILES string of the molecule is COC(=O)c1ccc(C(=O)NCCCCCNC(=O)CCCC[C@@H]2SC[C@@H]3NC(=O)N[C@@H]32)cc1P(c1ccccc1)c1ccccc1. The van der Waals surface area contributed by atoms with Gasteiger partial charge in [0, 0.05) is 41.4 Å². The minimum atomic E-state index is -1.12. The lowest BCUT2D eigenvalue weighted by atomic mass is 10.0. The average molecular weight is 675 g/mol. The van der Waals surface area contributed by atoms with Crippen LogP contribution in [0, 0.1) is 0 Å². The van der Waals surface area contributed by atoms with E-state index in [1.807, 2.05) is 54.2 Å². The van der Waals surface area contributed by atoms with Gasteiger partial charge in [-0.15, -0.1) is 0 Å². The monoisotopic (exact) mass is 674 g/mol. The van der Waals surface area contributed by atoms with Gasteiger partial charge in [0.25, 0.3) is 5.91 Å². The number of benzene rings is 3. The molecular weight excluding hydrogens is 631 g/mol. The van der Waals surface area contributed by atoms with E-state index in [-0.39, 0.29) is 29.9 Å². The zero-order chi connectivity index (χ0) is 33.0. The number of ether oxygens (including phenoxy) is 1. The van der Waals surface area contributed by atoms with Gasteiger partial charge in [-0.1, -0.05) is 67.1 Å². The molecule has 4 amide bonds. The molecule has 2 saturated heterocycles. The second-order valence-electron chi connectivity index (χ2n) is 11.8. The third-order valence-corrected chi connectivity index (χ3v) is 12.5. The zero-order valence-corrected chi connectivity index (χ0v) is 28.4. The fourth-order valence-corrected chi connectivity index (χ4v) is 10.1. The van der Waals surface area contributed by atoms with Crippen LogP contribution in [0.25, 0.3) is 0 Å². The molecule has 0 spiro atoms. The largest absolute Gasteiger partial charge is 0.465 e. The maximum Gasteiger partial charge on any atom is 0.338 e. The van der Waals surface area contributed by atoms with Gasteiger partial charge in [-0.3, -0.25) is 9.59 Å². The second kappa shape index (κ2) is 17.3. The van der Waals surface area contributed by atoms with Gasteiger partial charge < -0.3 is 26.0 Å². The molecule has 3 aromatic carbocycles. The minimum Gasteiger partial charge on any atom is -0.465 e. The fraction of sp³-hybridized carbons (Fsp3) is 0.389. The molecule has 11 heteroatoms. The van der Waals surface area contributed by atoms with Crippen LogP contribution >= 0.6 is 19.7 Å². The number of esters is 1. The maximum atomic E-state index is 13.2. The van der Waals surface area contributed by atoms with Gasteiger partial charge in [-0.05, 0) is 68.8 Å². The van der Waals surface area contributed by atoms with Crippen molar-refractivity contribution in [3.63, 3.8) is 0 Å². The van der Waals surface area contributed by atoms with Crippen LogP contribution in [0.1, 0.15) is 65.7 Å². The molecule has 0 aromatic heterocycles. The molecule has 3 atom stereocenters. The summed E-state index contributed by atoms with van der Waals surface area (Å²) in [5.41, 5.74) is 0.947. The maximum absolute atomic E-state index is 13.2. The first-order valence-corrected chi connectivity index (χ1v) is 18.7. The summed E-state index contributed by atoms with van der Waals surface area (Å²) in [6.07, 6.45) is 5.84. The Kier molecular flexibility index (Phi) is 12.7. The minimum absolute atomic E-state index is 0.0650. The normalized spacial score (nSPS) is 18.3.